The minimum atomic E-state index is -4.25. The minimum absolute atomic E-state index is 0.185. The smallest absolute Gasteiger partial charge is 0.124 e. The van der Waals surface area contributed by atoms with E-state index in [1.807, 2.05) is 0 Å². The molecule has 0 fully saturated rings. The molecule has 0 aliphatic carbocycles. The third-order valence-corrected chi connectivity index (χ3v) is 9.54. The summed E-state index contributed by atoms with van der Waals surface area (Å²) in [6.07, 6.45) is 34.8. The lowest BCUT2D eigenvalue weighted by Gasteiger charge is -2.35. The Labute approximate surface area is 263 Å². The van der Waals surface area contributed by atoms with Crippen molar-refractivity contribution in [3.8, 4) is 0 Å². The molecule has 0 bridgehead atoms. The molecule has 0 aliphatic rings. The number of benzene rings is 1. The second kappa shape index (κ2) is 28.8. The number of unbranched alkanes of at least 4 members (excludes halogenated alkanes) is 21. The first-order valence-corrected chi connectivity index (χ1v) is 19.5. The molecule has 42 heavy (non-hydrogen) atoms. The molecular formula is C37H71NO3S. The summed E-state index contributed by atoms with van der Waals surface area (Å²) < 4.78 is 32.2. The van der Waals surface area contributed by atoms with Gasteiger partial charge in [0.2, 0.25) is 0 Å². The Morgan fingerprint density at radius 1 is 0.476 bits per heavy atom. The van der Waals surface area contributed by atoms with Crippen molar-refractivity contribution in [1.29, 1.82) is 0 Å². The summed E-state index contributed by atoms with van der Waals surface area (Å²) in [6, 6.07) is 7.19. The Bertz CT molecular complexity index is 731. The van der Waals surface area contributed by atoms with E-state index >= 15 is 0 Å². The maximum Gasteiger partial charge on any atom is 0.124 e. The monoisotopic (exact) mass is 610 g/mol. The Hall–Kier alpha value is -0.910. The van der Waals surface area contributed by atoms with Gasteiger partial charge in [-0.25, -0.2) is 8.42 Å². The average Bonchev–Trinajstić information content (AvgIpc) is 2.98. The molecule has 1 rings (SSSR count). The fourth-order valence-corrected chi connectivity index (χ4v) is 6.30. The number of nitrogens with zero attached hydrogens (tertiary/aromatic N) is 1. The highest BCUT2D eigenvalue weighted by molar-refractivity contribution is 7.85. The summed E-state index contributed by atoms with van der Waals surface area (Å²) >= 11 is 0. The van der Waals surface area contributed by atoms with Gasteiger partial charge in [-0.1, -0.05) is 155 Å². The number of rotatable bonds is 28. The zero-order valence-corrected chi connectivity index (χ0v) is 29.4. The van der Waals surface area contributed by atoms with Crippen LogP contribution in [0.5, 0.6) is 0 Å². The molecule has 1 aromatic carbocycles. The van der Waals surface area contributed by atoms with E-state index in [1.54, 1.807) is 6.07 Å². The van der Waals surface area contributed by atoms with Crippen LogP contribution in [0.25, 0.3) is 0 Å². The van der Waals surface area contributed by atoms with Gasteiger partial charge in [0.25, 0.3) is 0 Å². The van der Waals surface area contributed by atoms with Gasteiger partial charge in [-0.2, -0.15) is 0 Å². The molecule has 0 saturated carbocycles. The average molecular weight is 610 g/mol. The Morgan fingerprint density at radius 2 is 0.738 bits per heavy atom. The van der Waals surface area contributed by atoms with Gasteiger partial charge in [-0.05, 0) is 50.7 Å². The summed E-state index contributed by atoms with van der Waals surface area (Å²) in [5, 5.41) is 0. The summed E-state index contributed by atoms with van der Waals surface area (Å²) in [7, 11) is -1.67. The first-order valence-electron chi connectivity index (χ1n) is 18.1. The first kappa shape index (κ1) is 41.1. The topological polar surface area (TPSA) is 57.2 Å². The molecule has 1 aromatic rings. The van der Waals surface area contributed by atoms with Gasteiger partial charge >= 0.3 is 0 Å². The van der Waals surface area contributed by atoms with Crippen LogP contribution in [0.15, 0.2) is 35.2 Å². The fraction of sp³-hybridized carbons (Fsp3) is 0.838. The van der Waals surface area contributed by atoms with Crippen LogP contribution in [0.3, 0.4) is 0 Å². The highest BCUT2D eigenvalue weighted by atomic mass is 32.2. The number of hydrogen-bond donors (Lipinski definition) is 0. The predicted octanol–water partition coefficient (Wildman–Crippen LogP) is 11.4. The first-order chi connectivity index (χ1) is 20.3. The van der Waals surface area contributed by atoms with Gasteiger partial charge in [0, 0.05) is 0 Å². The van der Waals surface area contributed by atoms with Crippen molar-refractivity contribution in [1.82, 2.24) is 0 Å². The second-order valence-corrected chi connectivity index (χ2v) is 14.4. The van der Waals surface area contributed by atoms with E-state index in [1.165, 1.54) is 202 Å². The highest BCUT2D eigenvalue weighted by Gasteiger charge is 2.20. The normalized spacial score (nSPS) is 11.8. The lowest BCUT2D eigenvalue weighted by atomic mass is 10.1. The van der Waals surface area contributed by atoms with Crippen LogP contribution in [0.4, 0.5) is 0 Å². The maximum atomic E-state index is 10.3. The van der Waals surface area contributed by atoms with E-state index in [-0.39, 0.29) is 4.90 Å². The summed E-state index contributed by atoms with van der Waals surface area (Å²) in [6.45, 7) is 11.2. The van der Waals surface area contributed by atoms with Crippen molar-refractivity contribution in [2.75, 3.05) is 26.7 Å². The Morgan fingerprint density at radius 3 is 0.976 bits per heavy atom. The van der Waals surface area contributed by atoms with Crippen LogP contribution in [-0.4, -0.2) is 44.1 Å². The van der Waals surface area contributed by atoms with Crippen molar-refractivity contribution in [3.05, 3.63) is 30.3 Å². The largest absolute Gasteiger partial charge is 0.744 e. The van der Waals surface area contributed by atoms with Gasteiger partial charge in [0.05, 0.1) is 31.6 Å². The molecule has 0 unspecified atom stereocenters. The lowest BCUT2D eigenvalue weighted by molar-refractivity contribution is -0.910. The van der Waals surface area contributed by atoms with Gasteiger partial charge in [-0.3, -0.25) is 0 Å². The molecule has 0 aliphatic heterocycles. The fourth-order valence-electron chi connectivity index (χ4n) is 5.80. The standard InChI is InChI=1S/C31H66N.C6H6O3S/c1-5-8-11-14-17-20-23-26-29-32(4,30-27-24-21-18-15-12-9-6-2)31-28-25-22-19-16-13-10-7-3;7-10(8,9)6-4-2-1-3-5-6/h5-31H2,1-4H3;1-5H,(H,7,8,9)/q+1;/p-1. The SMILES string of the molecule is CCCCCCCCCC[N+](C)(CCCCCCCCCC)CCCCCCCCCC.O=S(=O)([O-])c1ccccc1. The van der Waals surface area contributed by atoms with Crippen LogP contribution in [0.2, 0.25) is 0 Å². The molecule has 248 valence electrons. The predicted molar refractivity (Wildman–Crippen MR) is 183 cm³/mol. The minimum Gasteiger partial charge on any atom is -0.744 e. The molecule has 0 spiro atoms. The van der Waals surface area contributed by atoms with Crippen LogP contribution in [0, 0.1) is 0 Å². The van der Waals surface area contributed by atoms with Crippen molar-refractivity contribution in [2.24, 2.45) is 0 Å². The Kier molecular flexibility index (Phi) is 28.2. The molecular weight excluding hydrogens is 538 g/mol. The van der Waals surface area contributed by atoms with E-state index in [2.05, 4.69) is 27.8 Å². The van der Waals surface area contributed by atoms with Crippen molar-refractivity contribution >= 4 is 10.1 Å². The van der Waals surface area contributed by atoms with Crippen LogP contribution < -0.4 is 0 Å². The van der Waals surface area contributed by atoms with Gasteiger partial charge in [-0.15, -0.1) is 0 Å². The lowest BCUT2D eigenvalue weighted by Crippen LogP contribution is -2.46. The molecule has 0 aromatic heterocycles. The van der Waals surface area contributed by atoms with E-state index in [9.17, 15) is 13.0 Å². The van der Waals surface area contributed by atoms with Gasteiger partial charge < -0.3 is 9.04 Å². The quantitative estimate of drug-likeness (QED) is 0.0539. The van der Waals surface area contributed by atoms with Crippen LogP contribution >= 0.6 is 0 Å². The molecule has 4 nitrogen and oxygen atoms in total. The zero-order chi connectivity index (χ0) is 31.2. The molecule has 0 saturated heterocycles. The summed E-state index contributed by atoms with van der Waals surface area (Å²) in [5.41, 5.74) is 0. The second-order valence-electron chi connectivity index (χ2n) is 13.0. The van der Waals surface area contributed by atoms with E-state index in [0.717, 1.165) is 0 Å². The summed E-state index contributed by atoms with van der Waals surface area (Å²) in [4.78, 5) is -0.185. The van der Waals surface area contributed by atoms with Crippen molar-refractivity contribution in [3.63, 3.8) is 0 Å². The van der Waals surface area contributed by atoms with Crippen LogP contribution in [0.1, 0.15) is 175 Å². The highest BCUT2D eigenvalue weighted by Crippen LogP contribution is 2.17. The third kappa shape index (κ3) is 26.7. The summed E-state index contributed by atoms with van der Waals surface area (Å²) in [5.74, 6) is 0. The maximum absolute atomic E-state index is 10.3. The number of hydrogen-bond acceptors (Lipinski definition) is 3. The van der Waals surface area contributed by atoms with Crippen molar-refractivity contribution < 1.29 is 17.5 Å². The van der Waals surface area contributed by atoms with Gasteiger partial charge in [0.1, 0.15) is 10.1 Å². The van der Waals surface area contributed by atoms with Crippen molar-refractivity contribution in [2.45, 2.75) is 180 Å². The molecule has 0 atom stereocenters. The molecule has 0 N–H and O–H groups in total. The molecule has 0 heterocycles. The van der Waals surface area contributed by atoms with Crippen LogP contribution in [-0.2, 0) is 10.1 Å². The zero-order valence-electron chi connectivity index (χ0n) is 28.6. The third-order valence-electron chi connectivity index (χ3n) is 8.69. The molecule has 0 amide bonds. The van der Waals surface area contributed by atoms with E-state index in [0.29, 0.717) is 0 Å². The number of quaternary nitrogens is 1. The molecule has 5 heteroatoms. The van der Waals surface area contributed by atoms with E-state index in [4.69, 9.17) is 0 Å². The van der Waals surface area contributed by atoms with Gasteiger partial charge in [0.15, 0.2) is 0 Å². The molecule has 0 radical (unpaired) electrons. The Balaban J connectivity index is 0.00000140. The van der Waals surface area contributed by atoms with E-state index < -0.39 is 10.1 Å².